The molecule has 0 radical (unpaired) electrons. The van der Waals surface area contributed by atoms with Gasteiger partial charge in [0.1, 0.15) is 5.60 Å². The maximum Gasteiger partial charge on any atom is 0.407 e. The van der Waals surface area contributed by atoms with Gasteiger partial charge in [0.2, 0.25) is 0 Å². The Morgan fingerprint density at radius 1 is 1.41 bits per heavy atom. The summed E-state index contributed by atoms with van der Waals surface area (Å²) in [7, 11) is 0. The second kappa shape index (κ2) is 7.11. The molecule has 0 fully saturated rings. The Morgan fingerprint density at radius 2 is 2.14 bits per heavy atom. The van der Waals surface area contributed by atoms with Crippen LogP contribution in [0.2, 0.25) is 0 Å². The number of hydrogen-bond donors (Lipinski definition) is 2. The average molecular weight is 306 g/mol. The van der Waals surface area contributed by atoms with E-state index in [1.165, 1.54) is 11.1 Å². The molecule has 5 heteroatoms. The molecule has 0 spiro atoms. The SMILES string of the molecule is CC(CNC1COCc2ccccc21)NC(=O)OC(C)(C)C. The molecule has 0 aromatic heterocycles. The summed E-state index contributed by atoms with van der Waals surface area (Å²) in [5.74, 6) is 0. The van der Waals surface area contributed by atoms with Gasteiger partial charge in [0.25, 0.3) is 0 Å². The zero-order valence-corrected chi connectivity index (χ0v) is 13.8. The fraction of sp³-hybridized carbons (Fsp3) is 0.588. The Labute approximate surface area is 132 Å². The van der Waals surface area contributed by atoms with E-state index in [9.17, 15) is 4.79 Å². The molecule has 1 aliphatic heterocycles. The molecule has 122 valence electrons. The zero-order valence-electron chi connectivity index (χ0n) is 13.8. The van der Waals surface area contributed by atoms with E-state index < -0.39 is 5.60 Å². The Morgan fingerprint density at radius 3 is 2.86 bits per heavy atom. The van der Waals surface area contributed by atoms with Crippen LogP contribution in [0.4, 0.5) is 4.79 Å². The summed E-state index contributed by atoms with van der Waals surface area (Å²) in [6.07, 6.45) is -0.387. The highest BCUT2D eigenvalue weighted by atomic mass is 16.6. The van der Waals surface area contributed by atoms with E-state index in [1.807, 2.05) is 39.8 Å². The number of alkyl carbamates (subject to hydrolysis) is 1. The maximum absolute atomic E-state index is 11.7. The van der Waals surface area contributed by atoms with Crippen molar-refractivity contribution in [3.05, 3.63) is 35.4 Å². The highest BCUT2D eigenvalue weighted by molar-refractivity contribution is 5.68. The fourth-order valence-electron chi connectivity index (χ4n) is 2.43. The third-order valence-corrected chi connectivity index (χ3v) is 3.41. The van der Waals surface area contributed by atoms with Gasteiger partial charge >= 0.3 is 6.09 Å². The summed E-state index contributed by atoms with van der Waals surface area (Å²) in [6, 6.07) is 8.42. The van der Waals surface area contributed by atoms with Crippen LogP contribution >= 0.6 is 0 Å². The number of nitrogens with one attached hydrogen (secondary N) is 2. The van der Waals surface area contributed by atoms with Crippen molar-refractivity contribution in [2.45, 2.75) is 52.0 Å². The van der Waals surface area contributed by atoms with Gasteiger partial charge in [0, 0.05) is 12.6 Å². The van der Waals surface area contributed by atoms with E-state index in [-0.39, 0.29) is 18.2 Å². The quantitative estimate of drug-likeness (QED) is 0.898. The van der Waals surface area contributed by atoms with Crippen molar-refractivity contribution < 1.29 is 14.3 Å². The molecule has 1 aliphatic rings. The lowest BCUT2D eigenvalue weighted by Gasteiger charge is -2.28. The van der Waals surface area contributed by atoms with Crippen LogP contribution in [0.1, 0.15) is 44.9 Å². The number of ether oxygens (including phenoxy) is 2. The van der Waals surface area contributed by atoms with Crippen LogP contribution in [0.5, 0.6) is 0 Å². The van der Waals surface area contributed by atoms with E-state index >= 15 is 0 Å². The van der Waals surface area contributed by atoms with Gasteiger partial charge in [-0.25, -0.2) is 4.79 Å². The van der Waals surface area contributed by atoms with Gasteiger partial charge in [-0.1, -0.05) is 24.3 Å². The highest BCUT2D eigenvalue weighted by Gasteiger charge is 2.21. The minimum Gasteiger partial charge on any atom is -0.444 e. The van der Waals surface area contributed by atoms with E-state index in [2.05, 4.69) is 22.8 Å². The van der Waals surface area contributed by atoms with E-state index in [1.54, 1.807) is 0 Å². The standard InChI is InChI=1S/C17H26N2O3/c1-12(19-16(20)22-17(2,3)4)9-18-15-11-21-10-13-7-5-6-8-14(13)15/h5-8,12,15,18H,9-11H2,1-4H3,(H,19,20). The van der Waals surface area contributed by atoms with Crippen LogP contribution in [0.15, 0.2) is 24.3 Å². The predicted molar refractivity (Wildman–Crippen MR) is 85.7 cm³/mol. The Hall–Kier alpha value is -1.59. The lowest BCUT2D eigenvalue weighted by molar-refractivity contribution is 0.0503. The zero-order chi connectivity index (χ0) is 16.2. The maximum atomic E-state index is 11.7. The van der Waals surface area contributed by atoms with E-state index in [0.29, 0.717) is 19.8 Å². The summed E-state index contributed by atoms with van der Waals surface area (Å²) in [4.78, 5) is 11.7. The molecule has 1 aromatic carbocycles. The molecule has 0 aliphatic carbocycles. The molecule has 1 amide bonds. The monoisotopic (exact) mass is 306 g/mol. The summed E-state index contributed by atoms with van der Waals surface area (Å²) in [6.45, 7) is 9.48. The van der Waals surface area contributed by atoms with Crippen molar-refractivity contribution in [3.8, 4) is 0 Å². The molecular formula is C17H26N2O3. The first-order valence-corrected chi connectivity index (χ1v) is 7.73. The summed E-state index contributed by atoms with van der Waals surface area (Å²) < 4.78 is 10.9. The van der Waals surface area contributed by atoms with Gasteiger partial charge in [-0.2, -0.15) is 0 Å². The fourth-order valence-corrected chi connectivity index (χ4v) is 2.43. The van der Waals surface area contributed by atoms with Crippen LogP contribution < -0.4 is 10.6 Å². The normalized spacial score (nSPS) is 19.2. The largest absolute Gasteiger partial charge is 0.444 e. The second-order valence-electron chi connectivity index (χ2n) is 6.72. The van der Waals surface area contributed by atoms with Gasteiger partial charge in [-0.3, -0.25) is 0 Å². The van der Waals surface area contributed by atoms with Crippen molar-refractivity contribution in [1.82, 2.24) is 10.6 Å². The lowest BCUT2D eigenvalue weighted by Crippen LogP contribution is -2.44. The topological polar surface area (TPSA) is 59.6 Å². The van der Waals surface area contributed by atoms with Crippen LogP contribution in [0, 0.1) is 0 Å². The van der Waals surface area contributed by atoms with Crippen LogP contribution in [0.3, 0.4) is 0 Å². The second-order valence-corrected chi connectivity index (χ2v) is 6.72. The molecule has 0 saturated heterocycles. The molecule has 0 saturated carbocycles. The molecular weight excluding hydrogens is 280 g/mol. The van der Waals surface area contributed by atoms with Gasteiger partial charge in [-0.05, 0) is 38.8 Å². The van der Waals surface area contributed by atoms with E-state index in [4.69, 9.17) is 9.47 Å². The van der Waals surface area contributed by atoms with Crippen LogP contribution in [-0.2, 0) is 16.1 Å². The van der Waals surface area contributed by atoms with Crippen molar-refractivity contribution in [2.24, 2.45) is 0 Å². The first-order valence-electron chi connectivity index (χ1n) is 7.73. The Kier molecular flexibility index (Phi) is 5.42. The molecule has 1 heterocycles. The third kappa shape index (κ3) is 5.00. The predicted octanol–water partition coefficient (Wildman–Crippen LogP) is 2.76. The molecule has 2 rings (SSSR count). The van der Waals surface area contributed by atoms with Crippen LogP contribution in [0.25, 0.3) is 0 Å². The summed E-state index contributed by atoms with van der Waals surface area (Å²) >= 11 is 0. The minimum absolute atomic E-state index is 0.0241. The molecule has 2 N–H and O–H groups in total. The smallest absolute Gasteiger partial charge is 0.407 e. The number of carbonyl (C=O) groups is 1. The lowest BCUT2D eigenvalue weighted by atomic mass is 9.99. The molecule has 2 atom stereocenters. The molecule has 1 aromatic rings. The number of benzene rings is 1. The van der Waals surface area contributed by atoms with Crippen LogP contribution in [-0.4, -0.2) is 30.9 Å². The number of rotatable bonds is 4. The number of hydrogen-bond acceptors (Lipinski definition) is 4. The first kappa shape index (κ1) is 16.8. The number of amides is 1. The minimum atomic E-state index is -0.479. The molecule has 22 heavy (non-hydrogen) atoms. The van der Waals surface area contributed by atoms with Crippen molar-refractivity contribution >= 4 is 6.09 Å². The summed E-state index contributed by atoms with van der Waals surface area (Å²) in [5.41, 5.74) is 2.02. The van der Waals surface area contributed by atoms with Crippen molar-refractivity contribution in [2.75, 3.05) is 13.2 Å². The molecule has 0 bridgehead atoms. The van der Waals surface area contributed by atoms with E-state index in [0.717, 1.165) is 0 Å². The number of fused-ring (bicyclic) bond motifs is 1. The first-order chi connectivity index (χ1) is 10.3. The number of carbonyl (C=O) groups excluding carboxylic acids is 1. The highest BCUT2D eigenvalue weighted by Crippen LogP contribution is 2.24. The van der Waals surface area contributed by atoms with Crippen molar-refractivity contribution in [1.29, 1.82) is 0 Å². The van der Waals surface area contributed by atoms with Gasteiger partial charge in [-0.15, -0.1) is 0 Å². The average Bonchev–Trinajstić information content (AvgIpc) is 2.43. The molecule has 2 unspecified atom stereocenters. The van der Waals surface area contributed by atoms with Gasteiger partial charge < -0.3 is 20.1 Å². The Bertz CT molecular complexity index is 511. The third-order valence-electron chi connectivity index (χ3n) is 3.41. The summed E-state index contributed by atoms with van der Waals surface area (Å²) in [5, 5.41) is 6.29. The Balaban J connectivity index is 1.82. The molecule has 5 nitrogen and oxygen atoms in total. The van der Waals surface area contributed by atoms with Gasteiger partial charge in [0.15, 0.2) is 0 Å². The van der Waals surface area contributed by atoms with Crippen molar-refractivity contribution in [3.63, 3.8) is 0 Å². The van der Waals surface area contributed by atoms with Gasteiger partial charge in [0.05, 0.1) is 19.3 Å².